The third kappa shape index (κ3) is 2.30. The van der Waals surface area contributed by atoms with Crippen molar-refractivity contribution in [3.8, 4) is 6.07 Å². The smallest absolute Gasteiger partial charge is 0.264 e. The standard InChI is InChI=1S/C7H12N2O2/c1-6(2,3)5(10)7(9,11)4-8/h11H,9H2,1-3H3. The molecule has 0 aromatic carbocycles. The summed E-state index contributed by atoms with van der Waals surface area (Å²) >= 11 is 0. The van der Waals surface area contributed by atoms with Crippen molar-refractivity contribution >= 4 is 5.78 Å². The summed E-state index contributed by atoms with van der Waals surface area (Å²) in [5, 5.41) is 17.3. The predicted molar refractivity (Wildman–Crippen MR) is 39.2 cm³/mol. The second-order valence-electron chi connectivity index (χ2n) is 3.46. The van der Waals surface area contributed by atoms with E-state index in [4.69, 9.17) is 16.1 Å². The van der Waals surface area contributed by atoms with Gasteiger partial charge in [0.2, 0.25) is 0 Å². The summed E-state index contributed by atoms with van der Waals surface area (Å²) in [5.74, 6) is -0.674. The van der Waals surface area contributed by atoms with E-state index in [2.05, 4.69) is 0 Å². The molecule has 1 unspecified atom stereocenters. The monoisotopic (exact) mass is 156 g/mol. The first-order valence-corrected chi connectivity index (χ1v) is 3.19. The van der Waals surface area contributed by atoms with Gasteiger partial charge in [-0.05, 0) is 0 Å². The van der Waals surface area contributed by atoms with Gasteiger partial charge in [-0.15, -0.1) is 0 Å². The summed E-state index contributed by atoms with van der Waals surface area (Å²) in [7, 11) is 0. The molecule has 0 aliphatic rings. The second kappa shape index (κ2) is 2.61. The van der Waals surface area contributed by atoms with Crippen LogP contribution in [0.25, 0.3) is 0 Å². The van der Waals surface area contributed by atoms with Gasteiger partial charge in [0.05, 0.1) is 0 Å². The lowest BCUT2D eigenvalue weighted by molar-refractivity contribution is -0.139. The Balaban J connectivity index is 4.68. The van der Waals surface area contributed by atoms with Gasteiger partial charge >= 0.3 is 0 Å². The number of ketones is 1. The quantitative estimate of drug-likeness (QED) is 0.405. The molecular formula is C7H12N2O2. The van der Waals surface area contributed by atoms with E-state index >= 15 is 0 Å². The van der Waals surface area contributed by atoms with Crippen LogP contribution in [0, 0.1) is 16.7 Å². The zero-order chi connectivity index (χ0) is 9.28. The van der Waals surface area contributed by atoms with Gasteiger partial charge in [0, 0.05) is 5.41 Å². The molecule has 0 aliphatic heterocycles. The first-order valence-electron chi connectivity index (χ1n) is 3.19. The molecule has 0 fully saturated rings. The first kappa shape index (κ1) is 10.1. The molecule has 3 N–H and O–H groups in total. The van der Waals surface area contributed by atoms with E-state index in [1.807, 2.05) is 0 Å². The Bertz CT molecular complexity index is 207. The molecule has 62 valence electrons. The molecule has 0 spiro atoms. The van der Waals surface area contributed by atoms with Crippen LogP contribution in [-0.2, 0) is 4.79 Å². The van der Waals surface area contributed by atoms with Gasteiger partial charge in [0.1, 0.15) is 6.07 Å². The molecule has 0 aliphatic carbocycles. The fraction of sp³-hybridized carbons (Fsp3) is 0.714. The molecule has 0 radical (unpaired) electrons. The summed E-state index contributed by atoms with van der Waals surface area (Å²) in [6.07, 6.45) is 0. The Kier molecular flexibility index (Phi) is 2.39. The lowest BCUT2D eigenvalue weighted by Gasteiger charge is -2.22. The van der Waals surface area contributed by atoms with Crippen molar-refractivity contribution in [2.75, 3.05) is 0 Å². The van der Waals surface area contributed by atoms with E-state index in [1.165, 1.54) is 6.07 Å². The SMILES string of the molecule is CC(C)(C)C(=O)C(N)(O)C#N. The lowest BCUT2D eigenvalue weighted by atomic mass is 9.85. The molecule has 0 bridgehead atoms. The average molecular weight is 156 g/mol. The Morgan fingerprint density at radius 2 is 1.91 bits per heavy atom. The first-order chi connectivity index (χ1) is 4.72. The molecule has 0 aromatic rings. The number of Topliss-reactive ketones (excluding diaryl/α,β-unsaturated/α-hetero) is 1. The molecule has 4 heteroatoms. The second-order valence-corrected chi connectivity index (χ2v) is 3.46. The fourth-order valence-corrected chi connectivity index (χ4v) is 0.622. The van der Waals surface area contributed by atoms with Crippen LogP contribution in [0.2, 0.25) is 0 Å². The summed E-state index contributed by atoms with van der Waals surface area (Å²) in [4.78, 5) is 11.1. The minimum absolute atomic E-state index is 0.674. The molecule has 0 heterocycles. The normalized spacial score (nSPS) is 16.7. The zero-order valence-corrected chi connectivity index (χ0v) is 6.88. The number of aliphatic hydroxyl groups is 1. The van der Waals surface area contributed by atoms with Crippen molar-refractivity contribution in [3.63, 3.8) is 0 Å². The van der Waals surface area contributed by atoms with Gasteiger partial charge in [-0.3, -0.25) is 10.5 Å². The van der Waals surface area contributed by atoms with Crippen LogP contribution in [0.3, 0.4) is 0 Å². The highest BCUT2D eigenvalue weighted by atomic mass is 16.3. The number of rotatable bonds is 1. The highest BCUT2D eigenvalue weighted by Gasteiger charge is 2.39. The van der Waals surface area contributed by atoms with Crippen molar-refractivity contribution in [3.05, 3.63) is 0 Å². The fourth-order valence-electron chi connectivity index (χ4n) is 0.622. The molecule has 0 amide bonds. The predicted octanol–water partition coefficient (Wildman–Crippen LogP) is -0.228. The van der Waals surface area contributed by atoms with Gasteiger partial charge in [0.15, 0.2) is 5.78 Å². The maximum atomic E-state index is 11.1. The number of nitriles is 1. The van der Waals surface area contributed by atoms with Crippen molar-refractivity contribution in [1.82, 2.24) is 0 Å². The van der Waals surface area contributed by atoms with E-state index in [1.54, 1.807) is 20.8 Å². The molecule has 0 saturated heterocycles. The zero-order valence-electron chi connectivity index (χ0n) is 6.88. The number of hydrogen-bond acceptors (Lipinski definition) is 4. The van der Waals surface area contributed by atoms with E-state index in [0.29, 0.717) is 0 Å². The van der Waals surface area contributed by atoms with Crippen LogP contribution < -0.4 is 5.73 Å². The van der Waals surface area contributed by atoms with Crippen LogP contribution >= 0.6 is 0 Å². The molecule has 0 rings (SSSR count). The Hall–Kier alpha value is -0.920. The van der Waals surface area contributed by atoms with Crippen LogP contribution in [0.1, 0.15) is 20.8 Å². The van der Waals surface area contributed by atoms with E-state index in [0.717, 1.165) is 0 Å². The Labute approximate surface area is 65.6 Å². The van der Waals surface area contributed by atoms with Gasteiger partial charge in [-0.2, -0.15) is 5.26 Å². The molecule has 4 nitrogen and oxygen atoms in total. The third-order valence-electron chi connectivity index (χ3n) is 1.20. The Morgan fingerprint density at radius 1 is 1.55 bits per heavy atom. The van der Waals surface area contributed by atoms with Crippen LogP contribution in [-0.4, -0.2) is 16.6 Å². The van der Waals surface area contributed by atoms with Gasteiger partial charge in [-0.1, -0.05) is 20.8 Å². The number of carbonyl (C=O) groups excluding carboxylic acids is 1. The maximum Gasteiger partial charge on any atom is 0.264 e. The highest BCUT2D eigenvalue weighted by Crippen LogP contribution is 2.19. The largest absolute Gasteiger partial charge is 0.358 e. The number of nitrogens with two attached hydrogens (primary N) is 1. The van der Waals surface area contributed by atoms with Crippen molar-refractivity contribution in [1.29, 1.82) is 5.26 Å². The highest BCUT2D eigenvalue weighted by molar-refractivity contribution is 5.93. The summed E-state index contributed by atoms with van der Waals surface area (Å²) in [6, 6.07) is 1.33. The molecule has 11 heavy (non-hydrogen) atoms. The summed E-state index contributed by atoms with van der Waals surface area (Å²) in [5.41, 5.74) is 1.85. The summed E-state index contributed by atoms with van der Waals surface area (Å²) in [6.45, 7) is 4.76. The lowest BCUT2D eigenvalue weighted by Crippen LogP contribution is -2.51. The Morgan fingerprint density at radius 3 is 2.00 bits per heavy atom. The third-order valence-corrected chi connectivity index (χ3v) is 1.20. The molecule has 0 saturated carbocycles. The molecule has 0 aromatic heterocycles. The average Bonchev–Trinajstić information content (AvgIpc) is 1.84. The number of hydrogen-bond donors (Lipinski definition) is 2. The minimum atomic E-state index is -2.35. The van der Waals surface area contributed by atoms with Crippen molar-refractivity contribution in [2.45, 2.75) is 26.5 Å². The van der Waals surface area contributed by atoms with E-state index in [-0.39, 0.29) is 0 Å². The van der Waals surface area contributed by atoms with Crippen LogP contribution in [0.4, 0.5) is 0 Å². The summed E-state index contributed by atoms with van der Waals surface area (Å²) < 4.78 is 0. The van der Waals surface area contributed by atoms with Gasteiger partial charge < -0.3 is 5.11 Å². The number of nitrogens with zero attached hydrogens (tertiary/aromatic N) is 1. The van der Waals surface area contributed by atoms with Crippen molar-refractivity contribution in [2.24, 2.45) is 11.1 Å². The van der Waals surface area contributed by atoms with Crippen LogP contribution in [0.5, 0.6) is 0 Å². The molecular weight excluding hydrogens is 144 g/mol. The minimum Gasteiger partial charge on any atom is -0.358 e. The van der Waals surface area contributed by atoms with Crippen molar-refractivity contribution < 1.29 is 9.90 Å². The topological polar surface area (TPSA) is 87.1 Å². The maximum absolute atomic E-state index is 11.1. The van der Waals surface area contributed by atoms with Crippen LogP contribution in [0.15, 0.2) is 0 Å². The number of carbonyl (C=O) groups is 1. The molecule has 1 atom stereocenters. The van der Waals surface area contributed by atoms with Gasteiger partial charge in [-0.25, -0.2) is 0 Å². The van der Waals surface area contributed by atoms with Gasteiger partial charge in [0.25, 0.3) is 5.72 Å². The van der Waals surface area contributed by atoms with E-state index in [9.17, 15) is 4.79 Å². The van der Waals surface area contributed by atoms with E-state index < -0.39 is 16.9 Å².